The minimum atomic E-state index is -0.0945. The van der Waals surface area contributed by atoms with E-state index in [4.69, 9.17) is 19.4 Å². The number of hydrogen-bond acceptors (Lipinski definition) is 9. The summed E-state index contributed by atoms with van der Waals surface area (Å²) in [7, 11) is 0. The van der Waals surface area contributed by atoms with Gasteiger partial charge in [0.15, 0.2) is 0 Å². The molecule has 212 valence electrons. The number of carbonyl (C=O) groups excluding carboxylic acids is 1. The highest BCUT2D eigenvalue weighted by molar-refractivity contribution is 5.94. The first-order chi connectivity index (χ1) is 19.0. The van der Waals surface area contributed by atoms with Gasteiger partial charge in [0, 0.05) is 30.2 Å². The number of ether oxygens (including phenoxy) is 2. The highest BCUT2D eigenvalue weighted by Gasteiger charge is 2.51. The van der Waals surface area contributed by atoms with Gasteiger partial charge in [-0.2, -0.15) is 15.0 Å². The standard InChI is InChI=1S/C29H43N7O3/c1-20(2)32-27-33-26(34-28(35-27)36-29-17-21-14-22(18-29)16-23(15-21)19-29)31-9-11-39-13-12-38-10-8-30-25(37)24-6-4-3-5-7-24/h3-7,20-23H,8-19H2,1-2H3,(H,30,37)(H3,31,32,33,34,35,36). The van der Waals surface area contributed by atoms with E-state index in [-0.39, 0.29) is 17.5 Å². The molecule has 4 aliphatic rings. The average molecular weight is 538 g/mol. The summed E-state index contributed by atoms with van der Waals surface area (Å²) in [5.41, 5.74) is 0.782. The first kappa shape index (κ1) is 27.6. The molecule has 0 radical (unpaired) electrons. The van der Waals surface area contributed by atoms with Gasteiger partial charge in [-0.15, -0.1) is 0 Å². The fourth-order valence-corrected chi connectivity index (χ4v) is 6.82. The molecule has 1 aromatic carbocycles. The minimum absolute atomic E-state index is 0.0945. The first-order valence-electron chi connectivity index (χ1n) is 14.5. The predicted molar refractivity (Wildman–Crippen MR) is 152 cm³/mol. The van der Waals surface area contributed by atoms with Gasteiger partial charge >= 0.3 is 0 Å². The van der Waals surface area contributed by atoms with Crippen molar-refractivity contribution in [1.29, 1.82) is 0 Å². The number of amides is 1. The maximum atomic E-state index is 12.0. The van der Waals surface area contributed by atoms with E-state index in [2.05, 4.69) is 40.1 Å². The van der Waals surface area contributed by atoms with E-state index in [0.29, 0.717) is 62.9 Å². The van der Waals surface area contributed by atoms with Crippen molar-refractivity contribution in [2.24, 2.45) is 17.8 Å². The third kappa shape index (κ3) is 7.79. The summed E-state index contributed by atoms with van der Waals surface area (Å²) in [6.07, 6.45) is 7.91. The van der Waals surface area contributed by atoms with Crippen LogP contribution in [-0.2, 0) is 9.47 Å². The van der Waals surface area contributed by atoms with Crippen LogP contribution in [0, 0.1) is 17.8 Å². The molecule has 4 bridgehead atoms. The summed E-state index contributed by atoms with van der Waals surface area (Å²) in [4.78, 5) is 26.0. The largest absolute Gasteiger partial charge is 0.377 e. The molecule has 1 heterocycles. The molecule has 1 amide bonds. The molecule has 0 saturated heterocycles. The highest BCUT2D eigenvalue weighted by atomic mass is 16.5. The molecule has 4 fully saturated rings. The van der Waals surface area contributed by atoms with Gasteiger partial charge in [-0.05, 0) is 82.3 Å². The van der Waals surface area contributed by atoms with Crippen LogP contribution in [0.1, 0.15) is 62.7 Å². The average Bonchev–Trinajstić information content (AvgIpc) is 2.88. The van der Waals surface area contributed by atoms with Crippen molar-refractivity contribution in [2.75, 3.05) is 55.5 Å². The summed E-state index contributed by atoms with van der Waals surface area (Å²) in [5.74, 6) is 4.26. The summed E-state index contributed by atoms with van der Waals surface area (Å²) < 4.78 is 11.2. The van der Waals surface area contributed by atoms with E-state index in [9.17, 15) is 4.79 Å². The topological polar surface area (TPSA) is 122 Å². The van der Waals surface area contributed by atoms with E-state index in [0.717, 1.165) is 17.8 Å². The van der Waals surface area contributed by atoms with Crippen molar-refractivity contribution >= 4 is 23.8 Å². The Kier molecular flexibility index (Phi) is 9.13. The number of nitrogens with one attached hydrogen (secondary N) is 4. The molecule has 39 heavy (non-hydrogen) atoms. The summed E-state index contributed by atoms with van der Waals surface area (Å²) in [5, 5.41) is 13.2. The highest BCUT2D eigenvalue weighted by Crippen LogP contribution is 2.56. The number of nitrogens with zero attached hydrogens (tertiary/aromatic N) is 3. The smallest absolute Gasteiger partial charge is 0.251 e. The van der Waals surface area contributed by atoms with E-state index in [1.54, 1.807) is 12.1 Å². The SMILES string of the molecule is CC(C)Nc1nc(NCCOCCOCCNC(=O)c2ccccc2)nc(NC23CC4CC(CC(C4)C2)C3)n1. The Labute approximate surface area is 231 Å². The van der Waals surface area contributed by atoms with Gasteiger partial charge in [0.25, 0.3) is 5.91 Å². The lowest BCUT2D eigenvalue weighted by Gasteiger charge is -2.56. The molecule has 10 nitrogen and oxygen atoms in total. The van der Waals surface area contributed by atoms with E-state index >= 15 is 0 Å². The Balaban J connectivity index is 1.02. The van der Waals surface area contributed by atoms with Crippen molar-refractivity contribution < 1.29 is 14.3 Å². The summed E-state index contributed by atoms with van der Waals surface area (Å²) in [6.45, 7) is 7.09. The molecule has 2 aromatic rings. The lowest BCUT2D eigenvalue weighted by atomic mass is 9.53. The zero-order valence-electron chi connectivity index (χ0n) is 23.2. The summed E-state index contributed by atoms with van der Waals surface area (Å²) >= 11 is 0. The van der Waals surface area contributed by atoms with Crippen LogP contribution in [0.5, 0.6) is 0 Å². The Morgan fingerprint density at radius 1 is 0.846 bits per heavy atom. The van der Waals surface area contributed by atoms with Crippen molar-refractivity contribution in [2.45, 2.75) is 64.0 Å². The number of hydrogen-bond donors (Lipinski definition) is 4. The number of rotatable bonds is 15. The van der Waals surface area contributed by atoms with Gasteiger partial charge in [-0.1, -0.05) is 18.2 Å². The van der Waals surface area contributed by atoms with Crippen LogP contribution in [0.2, 0.25) is 0 Å². The van der Waals surface area contributed by atoms with E-state index in [1.165, 1.54) is 38.5 Å². The third-order valence-corrected chi connectivity index (χ3v) is 7.94. The Morgan fingerprint density at radius 3 is 2.08 bits per heavy atom. The lowest BCUT2D eigenvalue weighted by Crippen LogP contribution is -2.55. The Morgan fingerprint density at radius 2 is 1.44 bits per heavy atom. The van der Waals surface area contributed by atoms with Crippen molar-refractivity contribution in [3.63, 3.8) is 0 Å². The minimum Gasteiger partial charge on any atom is -0.377 e. The normalized spacial score (nSPS) is 25.1. The van der Waals surface area contributed by atoms with Gasteiger partial charge < -0.3 is 30.7 Å². The number of carbonyl (C=O) groups is 1. The fraction of sp³-hybridized carbons (Fsp3) is 0.655. The van der Waals surface area contributed by atoms with Crippen LogP contribution < -0.4 is 21.3 Å². The van der Waals surface area contributed by atoms with Crippen LogP contribution >= 0.6 is 0 Å². The van der Waals surface area contributed by atoms with Gasteiger partial charge in [0.05, 0.1) is 26.4 Å². The monoisotopic (exact) mass is 537 g/mol. The number of benzene rings is 1. The molecule has 0 aliphatic heterocycles. The molecule has 10 heteroatoms. The predicted octanol–water partition coefficient (Wildman–Crippen LogP) is 3.95. The molecular formula is C29H43N7O3. The number of anilines is 3. The van der Waals surface area contributed by atoms with Crippen LogP contribution in [0.25, 0.3) is 0 Å². The molecule has 6 rings (SSSR count). The van der Waals surface area contributed by atoms with Gasteiger partial charge in [-0.25, -0.2) is 0 Å². The molecule has 0 atom stereocenters. The van der Waals surface area contributed by atoms with Crippen LogP contribution in [0.3, 0.4) is 0 Å². The van der Waals surface area contributed by atoms with Crippen molar-refractivity contribution in [1.82, 2.24) is 20.3 Å². The second-order valence-electron chi connectivity index (χ2n) is 11.7. The molecule has 4 aliphatic carbocycles. The molecule has 0 spiro atoms. The van der Waals surface area contributed by atoms with Gasteiger partial charge in [-0.3, -0.25) is 4.79 Å². The van der Waals surface area contributed by atoms with Crippen molar-refractivity contribution in [3.8, 4) is 0 Å². The lowest BCUT2D eigenvalue weighted by molar-refractivity contribution is 0.0103. The second-order valence-corrected chi connectivity index (χ2v) is 11.7. The van der Waals surface area contributed by atoms with Crippen LogP contribution in [0.4, 0.5) is 17.8 Å². The molecule has 1 aromatic heterocycles. The fourth-order valence-electron chi connectivity index (χ4n) is 6.82. The van der Waals surface area contributed by atoms with Gasteiger partial charge in [0.2, 0.25) is 17.8 Å². The summed E-state index contributed by atoms with van der Waals surface area (Å²) in [6, 6.07) is 9.38. The Hall–Kier alpha value is -2.98. The zero-order valence-corrected chi connectivity index (χ0v) is 23.2. The third-order valence-electron chi connectivity index (χ3n) is 7.94. The molecule has 4 N–H and O–H groups in total. The first-order valence-corrected chi connectivity index (χ1v) is 14.5. The quantitative estimate of drug-likeness (QED) is 0.250. The molecule has 4 saturated carbocycles. The maximum absolute atomic E-state index is 12.0. The molecule has 0 unspecified atom stereocenters. The Bertz CT molecular complexity index is 1050. The number of aromatic nitrogens is 3. The van der Waals surface area contributed by atoms with Crippen molar-refractivity contribution in [3.05, 3.63) is 35.9 Å². The van der Waals surface area contributed by atoms with Gasteiger partial charge in [0.1, 0.15) is 0 Å². The van der Waals surface area contributed by atoms with Crippen LogP contribution in [0.15, 0.2) is 30.3 Å². The molecular weight excluding hydrogens is 494 g/mol. The van der Waals surface area contributed by atoms with E-state index < -0.39 is 0 Å². The zero-order chi connectivity index (χ0) is 27.1. The maximum Gasteiger partial charge on any atom is 0.251 e. The van der Waals surface area contributed by atoms with Crippen LogP contribution in [-0.4, -0.2) is 72.0 Å². The second kappa shape index (κ2) is 12.9. The van der Waals surface area contributed by atoms with E-state index in [1.807, 2.05) is 18.2 Å².